The van der Waals surface area contributed by atoms with Crippen molar-refractivity contribution in [1.29, 1.82) is 0 Å². The summed E-state index contributed by atoms with van der Waals surface area (Å²) in [4.78, 5) is 23.1. The molecule has 108 valence electrons. The molecule has 2 rings (SSSR count). The average Bonchev–Trinajstić information content (AvgIpc) is 2.45. The second kappa shape index (κ2) is 5.64. The minimum atomic E-state index is -4.88. The molecular weight excluding hydrogens is 271 g/mol. The first-order valence-electron chi connectivity index (χ1n) is 6.30. The lowest BCUT2D eigenvalue weighted by molar-refractivity contribution is -0.187. The van der Waals surface area contributed by atoms with Crippen LogP contribution in [0.3, 0.4) is 0 Å². The normalized spacial score (nSPS) is 23.4. The van der Waals surface area contributed by atoms with Gasteiger partial charge in [-0.1, -0.05) is 30.3 Å². The first-order chi connectivity index (χ1) is 9.43. The zero-order chi connectivity index (χ0) is 14.8. The summed E-state index contributed by atoms with van der Waals surface area (Å²) in [6.45, 7) is -0.163. The molecule has 1 amide bonds. The molecule has 1 aliphatic heterocycles. The highest BCUT2D eigenvalue weighted by molar-refractivity contribution is 5.82. The van der Waals surface area contributed by atoms with Gasteiger partial charge in [-0.15, -0.1) is 0 Å². The molecule has 1 saturated heterocycles. The molecule has 2 atom stereocenters. The maximum absolute atomic E-state index is 12.4. The zero-order valence-corrected chi connectivity index (χ0v) is 10.6. The Balaban J connectivity index is 2.13. The molecule has 0 aromatic heterocycles. The number of likely N-dealkylation sites (tertiary alicyclic amines) is 1. The van der Waals surface area contributed by atoms with E-state index in [0.717, 1.165) is 10.5 Å². The van der Waals surface area contributed by atoms with E-state index in [2.05, 4.69) is 0 Å². The van der Waals surface area contributed by atoms with Crippen molar-refractivity contribution < 1.29 is 22.8 Å². The zero-order valence-electron chi connectivity index (χ0n) is 10.6. The third-order valence-corrected chi connectivity index (χ3v) is 3.59. The van der Waals surface area contributed by atoms with Gasteiger partial charge in [0.1, 0.15) is 6.29 Å². The molecule has 1 fully saturated rings. The van der Waals surface area contributed by atoms with Crippen LogP contribution in [0, 0.1) is 5.92 Å². The fraction of sp³-hybridized carbons (Fsp3) is 0.429. The van der Waals surface area contributed by atoms with Crippen molar-refractivity contribution in [3.63, 3.8) is 0 Å². The van der Waals surface area contributed by atoms with E-state index in [1.54, 1.807) is 0 Å². The van der Waals surface area contributed by atoms with Gasteiger partial charge in [0.05, 0.1) is 0 Å². The third-order valence-electron chi connectivity index (χ3n) is 3.59. The number of amides is 1. The van der Waals surface area contributed by atoms with Crippen LogP contribution >= 0.6 is 0 Å². The molecule has 0 N–H and O–H groups in total. The average molecular weight is 285 g/mol. The van der Waals surface area contributed by atoms with Gasteiger partial charge >= 0.3 is 12.1 Å². The van der Waals surface area contributed by atoms with Crippen molar-refractivity contribution in [3.8, 4) is 0 Å². The van der Waals surface area contributed by atoms with E-state index in [1.807, 2.05) is 30.3 Å². The number of rotatable bonds is 2. The van der Waals surface area contributed by atoms with Crippen LogP contribution in [0.25, 0.3) is 0 Å². The van der Waals surface area contributed by atoms with E-state index in [4.69, 9.17) is 0 Å². The van der Waals surface area contributed by atoms with Gasteiger partial charge in [-0.3, -0.25) is 4.79 Å². The molecular formula is C14H14F3NO2. The monoisotopic (exact) mass is 285 g/mol. The number of carbonyl (C=O) groups excluding carboxylic acids is 2. The maximum Gasteiger partial charge on any atom is 0.471 e. The Morgan fingerprint density at radius 3 is 2.45 bits per heavy atom. The number of piperidine rings is 1. The summed E-state index contributed by atoms with van der Waals surface area (Å²) in [5.74, 6) is -2.60. The summed E-state index contributed by atoms with van der Waals surface area (Å²) in [6, 6.07) is 9.18. The summed E-state index contributed by atoms with van der Waals surface area (Å²) in [6.07, 6.45) is -3.88. The lowest BCUT2D eigenvalue weighted by Crippen LogP contribution is -2.48. The van der Waals surface area contributed by atoms with E-state index in [1.165, 1.54) is 0 Å². The van der Waals surface area contributed by atoms with Crippen molar-refractivity contribution in [1.82, 2.24) is 4.90 Å². The van der Waals surface area contributed by atoms with Gasteiger partial charge in [-0.05, 0) is 17.9 Å². The SMILES string of the molecule is O=C[C@H]1CN(C(=O)C(F)(F)F)CC[C@@H]1c1ccccc1. The van der Waals surface area contributed by atoms with Gasteiger partial charge in [-0.25, -0.2) is 0 Å². The molecule has 0 aliphatic carbocycles. The van der Waals surface area contributed by atoms with E-state index in [-0.39, 0.29) is 19.0 Å². The number of nitrogens with zero attached hydrogens (tertiary/aromatic N) is 1. The van der Waals surface area contributed by atoms with Crippen LogP contribution < -0.4 is 0 Å². The largest absolute Gasteiger partial charge is 0.471 e. The van der Waals surface area contributed by atoms with Gasteiger partial charge in [-0.2, -0.15) is 13.2 Å². The highest BCUT2D eigenvalue weighted by Gasteiger charge is 2.45. The third kappa shape index (κ3) is 3.00. The number of hydrogen-bond acceptors (Lipinski definition) is 2. The quantitative estimate of drug-likeness (QED) is 0.782. The topological polar surface area (TPSA) is 37.4 Å². The van der Waals surface area contributed by atoms with E-state index in [0.29, 0.717) is 12.7 Å². The number of carbonyl (C=O) groups is 2. The van der Waals surface area contributed by atoms with Crippen LogP contribution in [0.2, 0.25) is 0 Å². The van der Waals surface area contributed by atoms with Crippen LogP contribution in [0.1, 0.15) is 17.9 Å². The van der Waals surface area contributed by atoms with Crippen LogP contribution in [-0.2, 0) is 9.59 Å². The van der Waals surface area contributed by atoms with Crippen molar-refractivity contribution in [3.05, 3.63) is 35.9 Å². The highest BCUT2D eigenvalue weighted by atomic mass is 19.4. The maximum atomic E-state index is 12.4. The van der Waals surface area contributed by atoms with Gasteiger partial charge in [0.15, 0.2) is 0 Å². The van der Waals surface area contributed by atoms with Gasteiger partial charge in [0.2, 0.25) is 0 Å². The first kappa shape index (κ1) is 14.6. The molecule has 20 heavy (non-hydrogen) atoms. The predicted octanol–water partition coefficient (Wildman–Crippen LogP) is 2.38. The minimum Gasteiger partial charge on any atom is -0.334 e. The molecule has 0 radical (unpaired) electrons. The number of benzene rings is 1. The second-order valence-corrected chi connectivity index (χ2v) is 4.85. The van der Waals surface area contributed by atoms with Crippen molar-refractivity contribution >= 4 is 12.2 Å². The molecule has 3 nitrogen and oxygen atoms in total. The molecule has 1 aromatic carbocycles. The summed E-state index contributed by atoms with van der Waals surface area (Å²) < 4.78 is 37.2. The van der Waals surface area contributed by atoms with Crippen molar-refractivity contribution in [2.24, 2.45) is 5.92 Å². The molecule has 6 heteroatoms. The van der Waals surface area contributed by atoms with E-state index in [9.17, 15) is 22.8 Å². The van der Waals surface area contributed by atoms with Gasteiger partial charge in [0.25, 0.3) is 0 Å². The first-order valence-corrected chi connectivity index (χ1v) is 6.30. The van der Waals surface area contributed by atoms with Gasteiger partial charge in [0, 0.05) is 19.0 Å². The molecule has 0 bridgehead atoms. The number of hydrogen-bond donors (Lipinski definition) is 0. The second-order valence-electron chi connectivity index (χ2n) is 4.85. The fourth-order valence-corrected chi connectivity index (χ4v) is 2.60. The summed E-state index contributed by atoms with van der Waals surface area (Å²) >= 11 is 0. The van der Waals surface area contributed by atoms with E-state index >= 15 is 0 Å². The molecule has 0 saturated carbocycles. The Morgan fingerprint density at radius 1 is 1.25 bits per heavy atom. The standard InChI is InChI=1S/C14H14F3NO2/c15-14(16,17)13(20)18-7-6-12(11(8-18)9-19)10-4-2-1-3-5-10/h1-5,9,11-12H,6-8H2/t11-,12-/m1/s1. The Hall–Kier alpha value is -1.85. The number of alkyl halides is 3. The van der Waals surface area contributed by atoms with Crippen molar-refractivity contribution in [2.45, 2.75) is 18.5 Å². The Kier molecular flexibility index (Phi) is 4.11. The molecule has 0 unspecified atom stereocenters. The lowest BCUT2D eigenvalue weighted by Gasteiger charge is -2.36. The molecule has 1 aromatic rings. The van der Waals surface area contributed by atoms with Gasteiger partial charge < -0.3 is 9.69 Å². The Morgan fingerprint density at radius 2 is 1.90 bits per heavy atom. The smallest absolute Gasteiger partial charge is 0.334 e. The number of aldehydes is 1. The molecule has 1 heterocycles. The fourth-order valence-electron chi connectivity index (χ4n) is 2.60. The molecule has 0 spiro atoms. The van der Waals surface area contributed by atoms with Crippen LogP contribution in [-0.4, -0.2) is 36.4 Å². The van der Waals surface area contributed by atoms with Crippen molar-refractivity contribution in [2.75, 3.05) is 13.1 Å². The molecule has 1 aliphatic rings. The van der Waals surface area contributed by atoms with E-state index < -0.39 is 18.0 Å². The van der Waals surface area contributed by atoms with Crippen LogP contribution in [0.5, 0.6) is 0 Å². The number of halogens is 3. The summed E-state index contributed by atoms with van der Waals surface area (Å²) in [7, 11) is 0. The van der Waals surface area contributed by atoms with Crippen LogP contribution in [0.15, 0.2) is 30.3 Å². The Labute approximate surface area is 114 Å². The van der Waals surface area contributed by atoms with Crippen LogP contribution in [0.4, 0.5) is 13.2 Å². The highest BCUT2D eigenvalue weighted by Crippen LogP contribution is 2.33. The minimum absolute atomic E-state index is 0.0161. The summed E-state index contributed by atoms with van der Waals surface area (Å²) in [5.41, 5.74) is 0.920. The Bertz CT molecular complexity index is 487. The predicted molar refractivity (Wildman–Crippen MR) is 66.0 cm³/mol. The summed E-state index contributed by atoms with van der Waals surface area (Å²) in [5, 5.41) is 0. The lowest BCUT2D eigenvalue weighted by atomic mass is 9.81.